The number of fused-ring (bicyclic) bond motifs is 1. The molecule has 3 rings (SSSR count). The van der Waals surface area contributed by atoms with Crippen molar-refractivity contribution in [3.05, 3.63) is 41.4 Å². The zero-order valence-electron chi connectivity index (χ0n) is 12.4. The smallest absolute Gasteiger partial charge is 0.243 e. The molecule has 2 aromatic rings. The van der Waals surface area contributed by atoms with Crippen molar-refractivity contribution in [3.63, 3.8) is 0 Å². The molecule has 1 N–H and O–H groups in total. The van der Waals surface area contributed by atoms with Crippen molar-refractivity contribution in [2.24, 2.45) is 0 Å². The van der Waals surface area contributed by atoms with Gasteiger partial charge in [0.15, 0.2) is 0 Å². The Kier molecular flexibility index (Phi) is 4.41. The van der Waals surface area contributed by atoms with Crippen LogP contribution in [0, 0.1) is 0 Å². The summed E-state index contributed by atoms with van der Waals surface area (Å²) in [6.45, 7) is 1.08. The molecule has 1 aliphatic rings. The Balaban J connectivity index is 2.08. The average molecular weight is 339 g/mol. The first kappa shape index (κ1) is 15.7. The van der Waals surface area contributed by atoms with Crippen LogP contribution >= 0.6 is 11.6 Å². The standard InChI is InChI=1S/C16H19ClN2O2S/c1-18-12-5-4-10-19(11-12)22(20,21)16-9-8-15(17)13-6-2-3-7-14(13)16/h2-3,6-9,12,18H,4-5,10-11H2,1H3. The quantitative estimate of drug-likeness (QED) is 0.936. The molecule has 4 nitrogen and oxygen atoms in total. The number of hydrogen-bond donors (Lipinski definition) is 1. The molecule has 1 atom stereocenters. The summed E-state index contributed by atoms with van der Waals surface area (Å²) in [5.41, 5.74) is 0. The van der Waals surface area contributed by atoms with Gasteiger partial charge in [0.1, 0.15) is 0 Å². The number of nitrogens with one attached hydrogen (secondary N) is 1. The van der Waals surface area contributed by atoms with E-state index in [9.17, 15) is 8.42 Å². The van der Waals surface area contributed by atoms with Crippen LogP contribution in [0.3, 0.4) is 0 Å². The van der Waals surface area contributed by atoms with Crippen molar-refractivity contribution in [1.82, 2.24) is 9.62 Å². The predicted octanol–water partition coefficient (Wildman–Crippen LogP) is 2.87. The highest BCUT2D eigenvalue weighted by Gasteiger charge is 2.30. The number of halogens is 1. The molecule has 0 spiro atoms. The second-order valence-corrected chi connectivity index (χ2v) is 7.90. The highest BCUT2D eigenvalue weighted by Crippen LogP contribution is 2.31. The summed E-state index contributed by atoms with van der Waals surface area (Å²) in [6.07, 6.45) is 1.88. The molecule has 0 aromatic heterocycles. The first-order valence-electron chi connectivity index (χ1n) is 7.38. The van der Waals surface area contributed by atoms with E-state index < -0.39 is 10.0 Å². The normalized spacial score (nSPS) is 20.4. The molecular weight excluding hydrogens is 320 g/mol. The minimum Gasteiger partial charge on any atom is -0.316 e. The minimum absolute atomic E-state index is 0.210. The Morgan fingerprint density at radius 1 is 1.18 bits per heavy atom. The van der Waals surface area contributed by atoms with E-state index in [-0.39, 0.29) is 6.04 Å². The van der Waals surface area contributed by atoms with Crippen LogP contribution in [0.2, 0.25) is 5.02 Å². The van der Waals surface area contributed by atoms with Gasteiger partial charge in [0.2, 0.25) is 10.0 Å². The van der Waals surface area contributed by atoms with Gasteiger partial charge in [0.05, 0.1) is 4.90 Å². The van der Waals surface area contributed by atoms with E-state index in [0.29, 0.717) is 28.4 Å². The van der Waals surface area contributed by atoms with Crippen molar-refractivity contribution < 1.29 is 8.42 Å². The van der Waals surface area contributed by atoms with E-state index in [0.717, 1.165) is 18.2 Å². The molecule has 6 heteroatoms. The van der Waals surface area contributed by atoms with Crippen LogP contribution in [0.4, 0.5) is 0 Å². The van der Waals surface area contributed by atoms with Crippen molar-refractivity contribution >= 4 is 32.4 Å². The largest absolute Gasteiger partial charge is 0.316 e. The first-order chi connectivity index (χ1) is 10.5. The molecule has 2 aromatic carbocycles. The first-order valence-corrected chi connectivity index (χ1v) is 9.20. The molecule has 0 amide bonds. The Hall–Kier alpha value is -1.14. The van der Waals surface area contributed by atoms with Crippen LogP contribution in [0.1, 0.15) is 12.8 Å². The van der Waals surface area contributed by atoms with E-state index in [1.54, 1.807) is 16.4 Å². The van der Waals surface area contributed by atoms with Crippen molar-refractivity contribution in [3.8, 4) is 0 Å². The Morgan fingerprint density at radius 3 is 2.64 bits per heavy atom. The summed E-state index contributed by atoms with van der Waals surface area (Å²) in [5, 5.41) is 5.20. The fourth-order valence-electron chi connectivity index (χ4n) is 3.00. The summed E-state index contributed by atoms with van der Waals surface area (Å²) in [4.78, 5) is 0.337. The second kappa shape index (κ2) is 6.16. The van der Waals surface area contributed by atoms with Crippen LogP contribution in [0.25, 0.3) is 10.8 Å². The molecule has 1 unspecified atom stereocenters. The summed E-state index contributed by atoms with van der Waals surface area (Å²) in [5.74, 6) is 0. The highest BCUT2D eigenvalue weighted by atomic mass is 35.5. The van der Waals surface area contributed by atoms with Crippen molar-refractivity contribution in [1.29, 1.82) is 0 Å². The third-order valence-corrected chi connectivity index (χ3v) is 6.49. The van der Waals surface area contributed by atoms with Gasteiger partial charge in [-0.3, -0.25) is 0 Å². The molecular formula is C16H19ClN2O2S. The molecule has 0 radical (unpaired) electrons. The zero-order valence-corrected chi connectivity index (χ0v) is 14.0. The lowest BCUT2D eigenvalue weighted by molar-refractivity contribution is 0.293. The van der Waals surface area contributed by atoms with Crippen LogP contribution < -0.4 is 5.32 Å². The van der Waals surface area contributed by atoms with E-state index >= 15 is 0 Å². The molecule has 1 heterocycles. The Labute approximate surface area is 136 Å². The lowest BCUT2D eigenvalue weighted by atomic mass is 10.1. The maximum atomic E-state index is 13.0. The van der Waals surface area contributed by atoms with Gasteiger partial charge in [0, 0.05) is 34.9 Å². The number of hydrogen-bond acceptors (Lipinski definition) is 3. The second-order valence-electron chi connectivity index (χ2n) is 5.58. The predicted molar refractivity (Wildman–Crippen MR) is 89.8 cm³/mol. The molecule has 0 aliphatic carbocycles. The number of benzene rings is 2. The van der Waals surface area contributed by atoms with Gasteiger partial charge in [-0.25, -0.2) is 8.42 Å². The number of rotatable bonds is 3. The van der Waals surface area contributed by atoms with Crippen molar-refractivity contribution in [2.75, 3.05) is 20.1 Å². The van der Waals surface area contributed by atoms with Gasteiger partial charge in [-0.2, -0.15) is 4.31 Å². The Morgan fingerprint density at radius 2 is 1.91 bits per heavy atom. The minimum atomic E-state index is -3.51. The van der Waals surface area contributed by atoms with Gasteiger partial charge in [0.25, 0.3) is 0 Å². The van der Waals surface area contributed by atoms with E-state index in [1.165, 1.54) is 0 Å². The lowest BCUT2D eigenvalue weighted by Gasteiger charge is -2.32. The number of sulfonamides is 1. The van der Waals surface area contributed by atoms with Crippen molar-refractivity contribution in [2.45, 2.75) is 23.8 Å². The monoisotopic (exact) mass is 338 g/mol. The molecule has 1 fully saturated rings. The van der Waals surface area contributed by atoms with Crippen LogP contribution in [0.5, 0.6) is 0 Å². The van der Waals surface area contributed by atoms with Crippen LogP contribution in [-0.2, 0) is 10.0 Å². The van der Waals surface area contributed by atoms with E-state index in [1.807, 2.05) is 31.3 Å². The summed E-state index contributed by atoms with van der Waals surface area (Å²) in [6, 6.07) is 10.9. The maximum absolute atomic E-state index is 13.0. The molecule has 0 bridgehead atoms. The van der Waals surface area contributed by atoms with E-state index in [4.69, 9.17) is 11.6 Å². The lowest BCUT2D eigenvalue weighted by Crippen LogP contribution is -2.46. The molecule has 118 valence electrons. The number of nitrogens with zero attached hydrogens (tertiary/aromatic N) is 1. The fourth-order valence-corrected chi connectivity index (χ4v) is 4.94. The molecule has 1 saturated heterocycles. The number of piperidine rings is 1. The number of likely N-dealkylation sites (N-methyl/N-ethyl adjacent to an activating group) is 1. The summed E-state index contributed by atoms with van der Waals surface area (Å²) < 4.78 is 27.6. The van der Waals surface area contributed by atoms with Crippen LogP contribution in [-0.4, -0.2) is 38.9 Å². The third kappa shape index (κ3) is 2.74. The molecule has 0 saturated carbocycles. The van der Waals surface area contributed by atoms with Gasteiger partial charge in [-0.1, -0.05) is 35.9 Å². The summed E-state index contributed by atoms with van der Waals surface area (Å²) >= 11 is 6.19. The molecule has 1 aliphatic heterocycles. The molecule has 22 heavy (non-hydrogen) atoms. The third-order valence-electron chi connectivity index (χ3n) is 4.24. The topological polar surface area (TPSA) is 49.4 Å². The Bertz CT molecular complexity index is 792. The van der Waals surface area contributed by atoms with E-state index in [2.05, 4.69) is 5.32 Å². The maximum Gasteiger partial charge on any atom is 0.243 e. The highest BCUT2D eigenvalue weighted by molar-refractivity contribution is 7.89. The van der Waals surface area contributed by atoms with Crippen LogP contribution in [0.15, 0.2) is 41.3 Å². The summed E-state index contributed by atoms with van der Waals surface area (Å²) in [7, 11) is -1.64. The van der Waals surface area contributed by atoms with Gasteiger partial charge < -0.3 is 5.32 Å². The SMILES string of the molecule is CNC1CCCN(S(=O)(=O)c2ccc(Cl)c3ccccc23)C1. The van der Waals surface area contributed by atoms with Gasteiger partial charge >= 0.3 is 0 Å². The van der Waals surface area contributed by atoms with Gasteiger partial charge in [-0.05, 0) is 32.0 Å². The fraction of sp³-hybridized carbons (Fsp3) is 0.375. The van der Waals surface area contributed by atoms with Gasteiger partial charge in [-0.15, -0.1) is 0 Å². The zero-order chi connectivity index (χ0) is 15.7. The average Bonchev–Trinajstić information content (AvgIpc) is 2.55.